The first kappa shape index (κ1) is 25.5. The molecule has 3 heterocycles. The maximum atomic E-state index is 9.93. The van der Waals surface area contributed by atoms with Crippen molar-refractivity contribution < 1.29 is 9.60 Å². The molecule has 0 aliphatic carbocycles. The summed E-state index contributed by atoms with van der Waals surface area (Å²) in [5.74, 6) is 0. The van der Waals surface area contributed by atoms with Gasteiger partial charge in [-0.05, 0) is 107 Å². The monoisotopic (exact) mass is 732 g/mol. The zero-order chi connectivity index (χ0) is 43.5. The summed E-state index contributed by atoms with van der Waals surface area (Å²) in [5.41, 5.74) is 9.79. The molecule has 0 aliphatic heterocycles. The van der Waals surface area contributed by atoms with E-state index in [0.717, 1.165) is 66.1 Å². The van der Waals surface area contributed by atoms with Gasteiger partial charge in [-0.2, -0.15) is 0 Å². The number of para-hydroxylation sites is 4. The average molecular weight is 733 g/mol. The van der Waals surface area contributed by atoms with E-state index in [1.165, 1.54) is 0 Å². The molecule has 0 radical (unpaired) electrons. The van der Waals surface area contributed by atoms with E-state index >= 15 is 0 Å². The molecule has 9 aromatic carbocycles. The van der Waals surface area contributed by atoms with E-state index in [2.05, 4.69) is 81.9 Å². The summed E-state index contributed by atoms with van der Waals surface area (Å²) < 4.78 is 71.4. The maximum Gasteiger partial charge on any atom is 0.0645 e. The van der Waals surface area contributed by atoms with Gasteiger partial charge in [-0.15, -0.1) is 0 Å². The van der Waals surface area contributed by atoms with Crippen LogP contribution in [0.3, 0.4) is 0 Å². The Morgan fingerprint density at radius 3 is 1.53 bits per heavy atom. The molecule has 0 atom stereocenters. The molecule has 3 heteroatoms. The fourth-order valence-electron chi connectivity index (χ4n) is 8.71. The number of hydrogen-bond acceptors (Lipinski definition) is 0. The number of aromatic nitrogens is 3. The van der Waals surface area contributed by atoms with Crippen molar-refractivity contribution >= 4 is 65.4 Å². The third kappa shape index (κ3) is 4.86. The summed E-state index contributed by atoms with van der Waals surface area (Å²) in [5, 5.41) is 4.15. The van der Waals surface area contributed by atoms with Crippen molar-refractivity contribution in [3.8, 4) is 39.3 Å². The fraction of sp³-hybridized carbons (Fsp3) is 0. The quantitative estimate of drug-likeness (QED) is 0.167. The second-order valence-electron chi connectivity index (χ2n) is 14.4. The predicted molar refractivity (Wildman–Crippen MR) is 240 cm³/mol. The number of nitrogens with zero attached hydrogens (tertiary/aromatic N) is 3. The molecule has 266 valence electrons. The Morgan fingerprint density at radius 1 is 0.281 bits per heavy atom. The molecular formula is C54H35N3. The van der Waals surface area contributed by atoms with Crippen molar-refractivity contribution in [3.63, 3.8) is 0 Å². The molecular weight excluding hydrogens is 691 g/mol. The molecule has 0 saturated carbocycles. The lowest BCUT2D eigenvalue weighted by atomic mass is 10.0. The van der Waals surface area contributed by atoms with Crippen LogP contribution in [-0.2, 0) is 0 Å². The van der Waals surface area contributed by atoms with E-state index in [4.69, 9.17) is 2.74 Å². The topological polar surface area (TPSA) is 14.8 Å². The van der Waals surface area contributed by atoms with Gasteiger partial charge < -0.3 is 13.7 Å². The Morgan fingerprint density at radius 2 is 0.789 bits per heavy atom. The van der Waals surface area contributed by atoms with Crippen molar-refractivity contribution in [3.05, 3.63) is 212 Å². The van der Waals surface area contributed by atoms with Crippen molar-refractivity contribution in [2.45, 2.75) is 0 Å². The van der Waals surface area contributed by atoms with E-state index in [1.54, 1.807) is 4.57 Å². The predicted octanol–water partition coefficient (Wildman–Crippen LogP) is 14.3. The molecule has 12 rings (SSSR count). The van der Waals surface area contributed by atoms with Crippen LogP contribution in [0, 0.1) is 0 Å². The van der Waals surface area contributed by atoms with Gasteiger partial charge in [0.1, 0.15) is 0 Å². The van der Waals surface area contributed by atoms with Gasteiger partial charge in [0.2, 0.25) is 0 Å². The van der Waals surface area contributed by atoms with Crippen LogP contribution in [0.25, 0.3) is 105 Å². The smallest absolute Gasteiger partial charge is 0.0645 e. The van der Waals surface area contributed by atoms with Crippen molar-refractivity contribution in [2.75, 3.05) is 0 Å². The third-order valence-corrected chi connectivity index (χ3v) is 11.3. The van der Waals surface area contributed by atoms with Crippen molar-refractivity contribution in [1.82, 2.24) is 13.7 Å². The van der Waals surface area contributed by atoms with Crippen LogP contribution < -0.4 is 0 Å². The zero-order valence-electron chi connectivity index (χ0n) is 37.5. The molecule has 12 aromatic rings. The molecule has 3 aromatic heterocycles. The van der Waals surface area contributed by atoms with Gasteiger partial charge in [-0.25, -0.2) is 0 Å². The molecule has 0 spiro atoms. The summed E-state index contributed by atoms with van der Waals surface area (Å²) in [6, 6.07) is 55.0. The van der Waals surface area contributed by atoms with E-state index < -0.39 is 12.1 Å². The Bertz CT molecular complexity index is 3910. The van der Waals surface area contributed by atoms with Crippen LogP contribution in [0.1, 0.15) is 9.60 Å². The van der Waals surface area contributed by atoms with Crippen LogP contribution in [0.5, 0.6) is 0 Å². The van der Waals surface area contributed by atoms with Crippen molar-refractivity contribution in [1.29, 1.82) is 0 Å². The van der Waals surface area contributed by atoms with Crippen LogP contribution in [0.2, 0.25) is 0 Å². The molecule has 0 fully saturated rings. The minimum absolute atomic E-state index is 0.0777. The Kier molecular flexibility index (Phi) is 5.56. The summed E-state index contributed by atoms with van der Waals surface area (Å²) in [7, 11) is 0. The highest BCUT2D eigenvalue weighted by Gasteiger charge is 2.18. The Labute approximate surface area is 339 Å². The van der Waals surface area contributed by atoms with Crippen LogP contribution >= 0.6 is 0 Å². The summed E-state index contributed by atoms with van der Waals surface area (Å²) in [6.07, 6.45) is 0. The zero-order valence-corrected chi connectivity index (χ0v) is 30.5. The molecule has 57 heavy (non-hydrogen) atoms. The molecule has 3 nitrogen and oxygen atoms in total. The lowest BCUT2D eigenvalue weighted by molar-refractivity contribution is 1.17. The lowest BCUT2D eigenvalue weighted by Gasteiger charge is -2.11. The second kappa shape index (κ2) is 12.5. The highest BCUT2D eigenvalue weighted by molar-refractivity contribution is 6.14. The highest BCUT2D eigenvalue weighted by Crippen LogP contribution is 2.40. The first-order valence-electron chi connectivity index (χ1n) is 22.5. The highest BCUT2D eigenvalue weighted by atomic mass is 15.0. The molecule has 0 bridgehead atoms. The Hall–Kier alpha value is -7.62. The first-order valence-corrected chi connectivity index (χ1v) is 19.0. The molecule has 0 amide bonds. The lowest BCUT2D eigenvalue weighted by Crippen LogP contribution is -1.95. The van der Waals surface area contributed by atoms with Crippen LogP contribution in [-0.4, -0.2) is 13.7 Å². The number of rotatable bonds is 5. The van der Waals surface area contributed by atoms with Crippen molar-refractivity contribution in [2.24, 2.45) is 0 Å². The number of hydrogen-bond donors (Lipinski definition) is 0. The first-order chi connectivity index (χ1) is 31.2. The van der Waals surface area contributed by atoms with Gasteiger partial charge in [0, 0.05) is 49.4 Å². The second-order valence-corrected chi connectivity index (χ2v) is 14.4. The van der Waals surface area contributed by atoms with Gasteiger partial charge >= 0.3 is 0 Å². The van der Waals surface area contributed by atoms with Gasteiger partial charge in [0.25, 0.3) is 0 Å². The minimum Gasteiger partial charge on any atom is -0.309 e. The fourth-order valence-corrected chi connectivity index (χ4v) is 8.71. The normalized spacial score (nSPS) is 13.6. The van der Waals surface area contributed by atoms with Gasteiger partial charge in [0.05, 0.1) is 42.7 Å². The third-order valence-electron chi connectivity index (χ3n) is 11.3. The number of fused-ring (bicyclic) bond motifs is 9. The van der Waals surface area contributed by atoms with Gasteiger partial charge in [-0.3, -0.25) is 0 Å². The van der Waals surface area contributed by atoms with Crippen LogP contribution in [0.4, 0.5) is 0 Å². The summed E-state index contributed by atoms with van der Waals surface area (Å²) in [6.45, 7) is 0. The number of benzene rings is 9. The average Bonchev–Trinajstić information content (AvgIpc) is 3.99. The van der Waals surface area contributed by atoms with Gasteiger partial charge in [0.15, 0.2) is 0 Å². The summed E-state index contributed by atoms with van der Waals surface area (Å²) in [4.78, 5) is 0. The summed E-state index contributed by atoms with van der Waals surface area (Å²) >= 11 is 0. The van der Waals surface area contributed by atoms with E-state index in [9.17, 15) is 6.85 Å². The molecule has 0 N–H and O–H groups in total. The maximum absolute atomic E-state index is 9.93. The largest absolute Gasteiger partial charge is 0.309 e. The SMILES string of the molecule is [2H]c1c([2H])c([2H])c2c(c1[2H])c1c([2H])c(-c3ccc4c(c3)c3ccccc3n4-c3ccc(-c4ccccc4)cc3)c([2H])c([2H])c1n2-c1ccc2c(c1)c1ccccc1n2-c1ccccc1. The minimum atomic E-state index is -0.425. The molecule has 0 aliphatic rings. The van der Waals surface area contributed by atoms with E-state index in [0.29, 0.717) is 11.3 Å². The van der Waals surface area contributed by atoms with Crippen LogP contribution in [0.15, 0.2) is 212 Å². The van der Waals surface area contributed by atoms with E-state index in [-0.39, 0.29) is 57.6 Å². The van der Waals surface area contributed by atoms with Gasteiger partial charge in [-0.1, -0.05) is 127 Å². The standard InChI is InChI=1S/C54H35N3/c1-3-13-36(14-4-1)37-23-27-41(28-24-37)56-49-20-10-7-17-43(49)46-33-38(25-30-52(46)56)39-26-31-53-47(34-39)44-18-8-12-22-51(44)57(53)42-29-32-54-48(35-42)45-19-9-11-21-50(45)55(54)40-15-5-2-6-16-40/h1-35H/i8D,12D,18D,22D,26D,31D,34D. The Balaban J connectivity index is 1.10. The molecule has 0 unspecified atom stereocenters. The molecule has 0 saturated heterocycles. The van der Waals surface area contributed by atoms with E-state index in [1.807, 2.05) is 97.1 Å².